The van der Waals surface area contributed by atoms with Crippen molar-refractivity contribution < 1.29 is 23.5 Å². The number of carbonyl (C=O) groups excluding carboxylic acids is 3. The highest BCUT2D eigenvalue weighted by atomic mass is 19.1. The topological polar surface area (TPSA) is 87.7 Å². The minimum absolute atomic E-state index is 0.268. The monoisotopic (exact) mass is 497 g/mol. The zero-order chi connectivity index (χ0) is 25.5. The van der Waals surface area contributed by atoms with Crippen LogP contribution in [0.4, 0.5) is 15.8 Å². The number of ether oxygens (including phenoxy) is 1. The molecular weight excluding hydrogens is 473 g/mol. The summed E-state index contributed by atoms with van der Waals surface area (Å²) in [6.45, 7) is 0.501. The number of hydrogen-bond acceptors (Lipinski definition) is 5. The SMILES string of the molecule is COc1ccccc1C(=O)[C@@H]1[C@@H]2CCCN2[C@]2(C(=O)Nc3ccc(F)cc32)[C@@]12C(=O)Nc1ccccc12. The highest BCUT2D eigenvalue weighted by Gasteiger charge is 2.81. The maximum atomic E-state index is 14.8. The quantitative estimate of drug-likeness (QED) is 0.537. The normalized spacial score (nSPS) is 29.2. The van der Waals surface area contributed by atoms with E-state index in [4.69, 9.17) is 4.74 Å². The van der Waals surface area contributed by atoms with E-state index < -0.39 is 40.5 Å². The number of rotatable bonds is 3. The predicted molar refractivity (Wildman–Crippen MR) is 134 cm³/mol. The molecule has 0 aliphatic carbocycles. The lowest BCUT2D eigenvalue weighted by Crippen LogP contribution is -2.62. The fourth-order valence-corrected chi connectivity index (χ4v) is 7.57. The van der Waals surface area contributed by atoms with Crippen molar-refractivity contribution in [1.82, 2.24) is 4.90 Å². The van der Waals surface area contributed by atoms with Crippen LogP contribution in [0.15, 0.2) is 66.7 Å². The molecule has 0 saturated carbocycles. The van der Waals surface area contributed by atoms with E-state index in [0.29, 0.717) is 46.8 Å². The van der Waals surface area contributed by atoms with Crippen molar-refractivity contribution in [2.24, 2.45) is 5.92 Å². The number of para-hydroxylation sites is 2. The number of anilines is 2. The molecule has 0 bridgehead atoms. The second-order valence-corrected chi connectivity index (χ2v) is 10.1. The van der Waals surface area contributed by atoms with Crippen molar-refractivity contribution in [3.05, 3.63) is 89.2 Å². The predicted octanol–water partition coefficient (Wildman–Crippen LogP) is 3.85. The zero-order valence-corrected chi connectivity index (χ0v) is 20.1. The van der Waals surface area contributed by atoms with Gasteiger partial charge in [-0.1, -0.05) is 30.3 Å². The molecule has 186 valence electrons. The van der Waals surface area contributed by atoms with Crippen LogP contribution in [0.2, 0.25) is 0 Å². The first-order chi connectivity index (χ1) is 18.0. The molecule has 3 aromatic carbocycles. The number of Topliss-reactive ketones (excluding diaryl/α,β-unsaturated/α-hetero) is 1. The Morgan fingerprint density at radius 3 is 2.54 bits per heavy atom. The number of benzene rings is 3. The summed E-state index contributed by atoms with van der Waals surface area (Å²) in [4.78, 5) is 45.3. The van der Waals surface area contributed by atoms with Gasteiger partial charge in [0.05, 0.1) is 18.6 Å². The third-order valence-corrected chi connectivity index (χ3v) is 8.71. The molecule has 3 aromatic rings. The average molecular weight is 498 g/mol. The Hall–Kier alpha value is -4.04. The summed E-state index contributed by atoms with van der Waals surface area (Å²) in [6, 6.07) is 17.9. The van der Waals surface area contributed by atoms with Crippen LogP contribution in [0, 0.1) is 11.7 Å². The zero-order valence-electron chi connectivity index (χ0n) is 20.1. The molecule has 0 unspecified atom stereocenters. The molecule has 4 atom stereocenters. The van der Waals surface area contributed by atoms with Crippen LogP contribution in [0.25, 0.3) is 0 Å². The summed E-state index contributed by atoms with van der Waals surface area (Å²) >= 11 is 0. The first-order valence-electron chi connectivity index (χ1n) is 12.4. The Bertz CT molecular complexity index is 1520. The maximum absolute atomic E-state index is 14.8. The molecule has 4 aliphatic heterocycles. The van der Waals surface area contributed by atoms with Crippen LogP contribution in [-0.4, -0.2) is 42.2 Å². The third-order valence-electron chi connectivity index (χ3n) is 8.71. The average Bonchev–Trinajstić information content (AvgIpc) is 3.62. The number of hydrogen-bond donors (Lipinski definition) is 2. The number of nitrogens with one attached hydrogen (secondary N) is 2. The fourth-order valence-electron chi connectivity index (χ4n) is 7.57. The van der Waals surface area contributed by atoms with Gasteiger partial charge in [-0.25, -0.2) is 4.39 Å². The van der Waals surface area contributed by atoms with Crippen molar-refractivity contribution >= 4 is 29.0 Å². The van der Waals surface area contributed by atoms with Crippen LogP contribution in [0.1, 0.15) is 34.3 Å². The smallest absolute Gasteiger partial charge is 0.251 e. The second kappa shape index (κ2) is 7.49. The van der Waals surface area contributed by atoms with Gasteiger partial charge in [-0.15, -0.1) is 0 Å². The molecule has 7 nitrogen and oxygen atoms in total. The highest BCUT2D eigenvalue weighted by Crippen LogP contribution is 2.68. The Kier molecular flexibility index (Phi) is 4.49. The number of amides is 2. The Morgan fingerprint density at radius 2 is 1.70 bits per heavy atom. The van der Waals surface area contributed by atoms with Gasteiger partial charge in [-0.2, -0.15) is 0 Å². The van der Waals surface area contributed by atoms with E-state index in [2.05, 4.69) is 10.6 Å². The second-order valence-electron chi connectivity index (χ2n) is 10.1. The molecule has 0 radical (unpaired) electrons. The van der Waals surface area contributed by atoms with Gasteiger partial charge in [-0.05, 0) is 61.3 Å². The molecule has 2 saturated heterocycles. The van der Waals surface area contributed by atoms with E-state index in [1.807, 2.05) is 17.0 Å². The molecule has 2 fully saturated rings. The van der Waals surface area contributed by atoms with Crippen molar-refractivity contribution in [2.45, 2.75) is 29.8 Å². The lowest BCUT2D eigenvalue weighted by molar-refractivity contribution is -0.137. The lowest BCUT2D eigenvalue weighted by Gasteiger charge is -2.43. The Balaban J connectivity index is 1.60. The maximum Gasteiger partial charge on any atom is 0.251 e. The van der Waals surface area contributed by atoms with Gasteiger partial charge in [-0.3, -0.25) is 19.3 Å². The van der Waals surface area contributed by atoms with E-state index >= 15 is 0 Å². The van der Waals surface area contributed by atoms with Gasteiger partial charge in [0, 0.05) is 23.0 Å². The van der Waals surface area contributed by atoms with Crippen molar-refractivity contribution in [2.75, 3.05) is 24.3 Å². The van der Waals surface area contributed by atoms with E-state index in [0.717, 1.165) is 6.42 Å². The van der Waals surface area contributed by atoms with Gasteiger partial charge < -0.3 is 15.4 Å². The van der Waals surface area contributed by atoms with E-state index in [-0.39, 0.29) is 5.78 Å². The summed E-state index contributed by atoms with van der Waals surface area (Å²) in [5, 5.41) is 5.91. The van der Waals surface area contributed by atoms with Gasteiger partial charge in [0.2, 0.25) is 5.91 Å². The van der Waals surface area contributed by atoms with Crippen LogP contribution < -0.4 is 15.4 Å². The van der Waals surface area contributed by atoms with Crippen molar-refractivity contribution in [3.63, 3.8) is 0 Å². The van der Waals surface area contributed by atoms with Crippen LogP contribution in [-0.2, 0) is 20.5 Å². The molecule has 37 heavy (non-hydrogen) atoms. The Morgan fingerprint density at radius 1 is 0.973 bits per heavy atom. The first-order valence-corrected chi connectivity index (χ1v) is 12.4. The Labute approximate surface area is 212 Å². The number of methoxy groups -OCH3 is 1. The summed E-state index contributed by atoms with van der Waals surface area (Å²) in [5.74, 6) is -2.12. The number of fused-ring (bicyclic) bond motifs is 7. The summed E-state index contributed by atoms with van der Waals surface area (Å²) < 4.78 is 20.3. The standard InChI is InChI=1S/C29H24FN3O4/c1-37-23-11-5-2-7-17(23)25(34)24-22-10-6-14-33(22)29(19-15-16(30)12-13-21(19)32-27(29)36)28(24)18-8-3-4-9-20(18)31-26(28)35/h2-5,7-9,11-13,15,22,24H,6,10,14H2,1H3,(H,31,35)(H,32,36)/t22-,24-,28+,29+/m0/s1. The minimum atomic E-state index is -1.62. The molecule has 4 heterocycles. The van der Waals surface area contributed by atoms with Crippen LogP contribution in [0.3, 0.4) is 0 Å². The number of nitrogens with zero attached hydrogens (tertiary/aromatic N) is 1. The van der Waals surface area contributed by atoms with Gasteiger partial charge >= 0.3 is 0 Å². The van der Waals surface area contributed by atoms with E-state index in [1.54, 1.807) is 36.4 Å². The molecule has 7 rings (SSSR count). The van der Waals surface area contributed by atoms with Gasteiger partial charge in [0.1, 0.15) is 22.5 Å². The molecule has 2 spiro atoms. The lowest BCUT2D eigenvalue weighted by atomic mass is 9.57. The van der Waals surface area contributed by atoms with Gasteiger partial charge in [0.15, 0.2) is 5.78 Å². The summed E-state index contributed by atoms with van der Waals surface area (Å²) in [5.41, 5.74) is -0.863. The molecule has 0 aromatic heterocycles. The number of ketones is 1. The molecule has 8 heteroatoms. The van der Waals surface area contributed by atoms with E-state index in [9.17, 15) is 18.8 Å². The van der Waals surface area contributed by atoms with Crippen LogP contribution in [0.5, 0.6) is 5.75 Å². The fraction of sp³-hybridized carbons (Fsp3) is 0.276. The molecule has 2 N–H and O–H groups in total. The highest BCUT2D eigenvalue weighted by molar-refractivity contribution is 6.21. The van der Waals surface area contributed by atoms with E-state index in [1.165, 1.54) is 25.3 Å². The summed E-state index contributed by atoms with van der Waals surface area (Å²) in [6.07, 6.45) is 1.38. The third kappa shape index (κ3) is 2.46. The molecule has 4 aliphatic rings. The molecular formula is C29H24FN3O4. The first kappa shape index (κ1) is 22.2. The van der Waals surface area contributed by atoms with Crippen molar-refractivity contribution in [3.8, 4) is 5.75 Å². The minimum Gasteiger partial charge on any atom is -0.496 e. The van der Waals surface area contributed by atoms with Crippen LogP contribution >= 0.6 is 0 Å². The molecule has 2 amide bonds. The number of halogens is 1. The largest absolute Gasteiger partial charge is 0.496 e. The number of carbonyl (C=O) groups is 3. The van der Waals surface area contributed by atoms with Crippen molar-refractivity contribution in [1.29, 1.82) is 0 Å². The summed E-state index contributed by atoms with van der Waals surface area (Å²) in [7, 11) is 1.50. The van der Waals surface area contributed by atoms with Gasteiger partial charge in [0.25, 0.3) is 5.91 Å².